The fourth-order valence-electron chi connectivity index (χ4n) is 4.50. The summed E-state index contributed by atoms with van der Waals surface area (Å²) in [6, 6.07) is 18.3. The fraction of sp³-hybridized carbons (Fsp3) is 0.267. The molecule has 3 aromatic rings. The van der Waals surface area contributed by atoms with Gasteiger partial charge in [0.2, 0.25) is 0 Å². The lowest BCUT2D eigenvalue weighted by molar-refractivity contribution is -0.149. The molecule has 208 valence electrons. The molecule has 1 aliphatic rings. The number of ether oxygens (including phenoxy) is 3. The van der Waals surface area contributed by atoms with Crippen LogP contribution in [0.5, 0.6) is 23.0 Å². The van der Waals surface area contributed by atoms with Gasteiger partial charge in [0, 0.05) is 28.8 Å². The SMILES string of the molecule is CCOC(=O)C1CCC(NC(=O)c2cc(Oc3ccc(C(=N)N)cc3)cc(Oc3ccc(C(=N)N)cc3)c2)CC1. The molecule has 0 radical (unpaired) electrons. The van der Waals surface area contributed by atoms with Crippen molar-refractivity contribution in [3.05, 3.63) is 83.4 Å². The Hall–Kier alpha value is -4.86. The van der Waals surface area contributed by atoms with Crippen LogP contribution in [0, 0.1) is 16.7 Å². The van der Waals surface area contributed by atoms with Gasteiger partial charge in [-0.25, -0.2) is 0 Å². The normalized spacial score (nSPS) is 16.4. The molecule has 0 aliphatic heterocycles. The molecule has 10 nitrogen and oxygen atoms in total. The van der Waals surface area contributed by atoms with Crippen LogP contribution in [0.25, 0.3) is 0 Å². The van der Waals surface area contributed by atoms with Crippen LogP contribution in [0.1, 0.15) is 54.1 Å². The van der Waals surface area contributed by atoms with Gasteiger partial charge in [-0.15, -0.1) is 0 Å². The number of hydrogen-bond donors (Lipinski definition) is 5. The van der Waals surface area contributed by atoms with Crippen LogP contribution in [0.15, 0.2) is 66.7 Å². The number of nitrogens with two attached hydrogens (primary N) is 2. The molecule has 0 spiro atoms. The van der Waals surface area contributed by atoms with E-state index in [0.29, 0.717) is 72.0 Å². The van der Waals surface area contributed by atoms with E-state index in [0.717, 1.165) is 0 Å². The molecular weight excluding hydrogens is 510 g/mol. The van der Waals surface area contributed by atoms with Gasteiger partial charge in [-0.05, 0) is 93.3 Å². The van der Waals surface area contributed by atoms with E-state index in [1.165, 1.54) is 0 Å². The number of hydrogen-bond acceptors (Lipinski definition) is 7. The highest BCUT2D eigenvalue weighted by Crippen LogP contribution is 2.31. The van der Waals surface area contributed by atoms with Crippen LogP contribution in [0.4, 0.5) is 0 Å². The maximum absolute atomic E-state index is 13.3. The molecule has 1 amide bonds. The summed E-state index contributed by atoms with van der Waals surface area (Å²) < 4.78 is 17.2. The molecule has 0 saturated heterocycles. The number of rotatable bonds is 10. The van der Waals surface area contributed by atoms with Crippen molar-refractivity contribution >= 4 is 23.5 Å². The first-order chi connectivity index (χ1) is 19.2. The average molecular weight is 544 g/mol. The van der Waals surface area contributed by atoms with Crippen molar-refractivity contribution in [3.63, 3.8) is 0 Å². The molecule has 1 fully saturated rings. The van der Waals surface area contributed by atoms with Crippen LogP contribution in [-0.2, 0) is 9.53 Å². The molecule has 0 aromatic heterocycles. The lowest BCUT2D eigenvalue weighted by Gasteiger charge is -2.28. The van der Waals surface area contributed by atoms with E-state index in [9.17, 15) is 9.59 Å². The maximum atomic E-state index is 13.3. The quantitative estimate of drug-likeness (QED) is 0.140. The smallest absolute Gasteiger partial charge is 0.308 e. The van der Waals surface area contributed by atoms with Gasteiger partial charge >= 0.3 is 5.97 Å². The van der Waals surface area contributed by atoms with E-state index in [1.54, 1.807) is 73.7 Å². The van der Waals surface area contributed by atoms with Gasteiger partial charge in [-0.1, -0.05) is 0 Å². The van der Waals surface area contributed by atoms with Gasteiger partial charge in [0.1, 0.15) is 34.7 Å². The summed E-state index contributed by atoms with van der Waals surface area (Å²) in [6.07, 6.45) is 2.68. The zero-order valence-corrected chi connectivity index (χ0v) is 22.2. The third kappa shape index (κ3) is 7.37. The van der Waals surface area contributed by atoms with E-state index in [4.69, 9.17) is 36.5 Å². The van der Waals surface area contributed by atoms with Crippen molar-refractivity contribution in [2.24, 2.45) is 17.4 Å². The number of amides is 1. The number of carbonyl (C=O) groups is 2. The lowest BCUT2D eigenvalue weighted by Crippen LogP contribution is -2.39. The molecular formula is C30H33N5O5. The van der Waals surface area contributed by atoms with Gasteiger partial charge < -0.3 is 31.0 Å². The number of amidine groups is 2. The number of esters is 1. The summed E-state index contributed by atoms with van der Waals surface area (Å²) >= 11 is 0. The van der Waals surface area contributed by atoms with Gasteiger partial charge in [-0.3, -0.25) is 20.4 Å². The van der Waals surface area contributed by atoms with Gasteiger partial charge in [0.05, 0.1) is 12.5 Å². The minimum atomic E-state index is -0.284. The van der Waals surface area contributed by atoms with Crippen LogP contribution < -0.4 is 26.3 Å². The minimum Gasteiger partial charge on any atom is -0.466 e. The number of carbonyl (C=O) groups excluding carboxylic acids is 2. The Kier molecular flexibility index (Phi) is 9.00. The Labute approximate surface area is 232 Å². The van der Waals surface area contributed by atoms with Crippen molar-refractivity contribution in [3.8, 4) is 23.0 Å². The predicted molar refractivity (Wildman–Crippen MR) is 151 cm³/mol. The Balaban J connectivity index is 1.52. The highest BCUT2D eigenvalue weighted by atomic mass is 16.5. The summed E-state index contributed by atoms with van der Waals surface area (Å²) in [7, 11) is 0. The second-order valence-corrected chi connectivity index (χ2v) is 9.55. The Morgan fingerprint density at radius 1 is 0.750 bits per heavy atom. The molecule has 4 rings (SSSR count). The molecule has 3 aromatic carbocycles. The number of benzene rings is 3. The Morgan fingerprint density at radius 2 is 1.23 bits per heavy atom. The monoisotopic (exact) mass is 543 g/mol. The van der Waals surface area contributed by atoms with Crippen LogP contribution in [0.3, 0.4) is 0 Å². The summed E-state index contributed by atoms with van der Waals surface area (Å²) in [5, 5.41) is 18.2. The average Bonchev–Trinajstić information content (AvgIpc) is 2.94. The number of nitrogen functional groups attached to an aromatic ring is 2. The molecule has 40 heavy (non-hydrogen) atoms. The minimum absolute atomic E-state index is 0.0482. The topological polar surface area (TPSA) is 174 Å². The number of nitrogens with one attached hydrogen (secondary N) is 3. The summed E-state index contributed by atoms with van der Waals surface area (Å²) in [4.78, 5) is 25.3. The third-order valence-corrected chi connectivity index (χ3v) is 6.63. The molecule has 1 saturated carbocycles. The predicted octanol–water partition coefficient (Wildman–Crippen LogP) is 4.69. The molecule has 0 heterocycles. The molecule has 10 heteroatoms. The van der Waals surface area contributed by atoms with Crippen molar-refractivity contribution in [1.29, 1.82) is 10.8 Å². The zero-order valence-electron chi connectivity index (χ0n) is 22.2. The molecule has 0 bridgehead atoms. The molecule has 0 unspecified atom stereocenters. The second-order valence-electron chi connectivity index (χ2n) is 9.55. The van der Waals surface area contributed by atoms with Crippen molar-refractivity contribution < 1.29 is 23.8 Å². The summed E-state index contributed by atoms with van der Waals surface area (Å²) in [6.45, 7) is 2.15. The van der Waals surface area contributed by atoms with Crippen molar-refractivity contribution in [2.75, 3.05) is 6.61 Å². The van der Waals surface area contributed by atoms with Crippen molar-refractivity contribution in [1.82, 2.24) is 5.32 Å². The van der Waals surface area contributed by atoms with E-state index in [2.05, 4.69) is 5.32 Å². The third-order valence-electron chi connectivity index (χ3n) is 6.63. The largest absolute Gasteiger partial charge is 0.466 e. The highest BCUT2D eigenvalue weighted by molar-refractivity contribution is 5.96. The molecule has 7 N–H and O–H groups in total. The lowest BCUT2D eigenvalue weighted by atomic mass is 9.86. The van der Waals surface area contributed by atoms with E-state index < -0.39 is 0 Å². The maximum Gasteiger partial charge on any atom is 0.308 e. The van der Waals surface area contributed by atoms with Gasteiger partial charge in [0.15, 0.2) is 0 Å². The first kappa shape index (κ1) is 28.2. The second kappa shape index (κ2) is 12.8. The highest BCUT2D eigenvalue weighted by Gasteiger charge is 2.28. The first-order valence-electron chi connectivity index (χ1n) is 13.1. The molecule has 0 atom stereocenters. The van der Waals surface area contributed by atoms with Crippen LogP contribution in [-0.4, -0.2) is 36.2 Å². The van der Waals surface area contributed by atoms with E-state index in [1.807, 2.05) is 0 Å². The molecule has 1 aliphatic carbocycles. The Bertz CT molecular complexity index is 1300. The van der Waals surface area contributed by atoms with Crippen LogP contribution >= 0.6 is 0 Å². The first-order valence-corrected chi connectivity index (χ1v) is 13.1. The summed E-state index contributed by atoms with van der Waals surface area (Å²) in [5.74, 6) is 1.07. The standard InChI is InChI=1S/C30H33N5O5/c1-2-38-30(37)20-3-9-22(10-4-20)35-29(36)21-15-25(39-23-11-5-18(6-12-23)27(31)32)17-26(16-21)40-24-13-7-19(8-14-24)28(33)34/h5-8,11-17,20,22H,2-4,9-10H2,1H3,(H3,31,32)(H3,33,34)(H,35,36). The Morgan fingerprint density at radius 3 is 1.65 bits per heavy atom. The van der Waals surface area contributed by atoms with Gasteiger partial charge in [-0.2, -0.15) is 0 Å². The summed E-state index contributed by atoms with van der Waals surface area (Å²) in [5.41, 5.74) is 12.6. The van der Waals surface area contributed by atoms with E-state index in [-0.39, 0.29) is 35.5 Å². The zero-order chi connectivity index (χ0) is 28.6. The van der Waals surface area contributed by atoms with Gasteiger partial charge in [0.25, 0.3) is 5.91 Å². The van der Waals surface area contributed by atoms with Crippen LogP contribution in [0.2, 0.25) is 0 Å². The fourth-order valence-corrected chi connectivity index (χ4v) is 4.50. The van der Waals surface area contributed by atoms with E-state index >= 15 is 0 Å². The van der Waals surface area contributed by atoms with Crippen molar-refractivity contribution in [2.45, 2.75) is 38.6 Å².